The van der Waals surface area contributed by atoms with Gasteiger partial charge >= 0.3 is 0 Å². The molecule has 0 saturated heterocycles. The van der Waals surface area contributed by atoms with Gasteiger partial charge in [-0.3, -0.25) is 9.36 Å². The topological polar surface area (TPSA) is 127 Å². The smallest absolute Gasteiger partial charge is 0.284 e. The molecule has 0 spiro atoms. The van der Waals surface area contributed by atoms with Crippen molar-refractivity contribution in [1.29, 1.82) is 5.26 Å². The van der Waals surface area contributed by atoms with E-state index < -0.39 is 23.2 Å². The Morgan fingerprint density at radius 3 is 2.65 bits per heavy atom. The van der Waals surface area contributed by atoms with Crippen LogP contribution >= 0.6 is 11.6 Å². The number of hydrogen-bond donors (Lipinski definition) is 2. The number of rotatable bonds is 4. The second-order valence-electron chi connectivity index (χ2n) is 6.54. The highest BCUT2D eigenvalue weighted by atomic mass is 35.5. The number of nitrogens with one attached hydrogen (secondary N) is 1. The minimum Gasteiger partial charge on any atom is -0.382 e. The van der Waals surface area contributed by atoms with E-state index in [1.807, 2.05) is 6.07 Å². The van der Waals surface area contributed by atoms with Gasteiger partial charge in [-0.15, -0.1) is 0 Å². The number of nitrogen functional groups attached to an aromatic ring is 1. The van der Waals surface area contributed by atoms with Gasteiger partial charge in [-0.2, -0.15) is 10.4 Å². The number of aromatic nitrogens is 5. The van der Waals surface area contributed by atoms with Gasteiger partial charge in [-0.25, -0.2) is 23.3 Å². The van der Waals surface area contributed by atoms with Crippen molar-refractivity contribution >= 4 is 28.8 Å². The van der Waals surface area contributed by atoms with Crippen molar-refractivity contribution < 1.29 is 8.78 Å². The van der Waals surface area contributed by atoms with E-state index in [9.17, 15) is 18.8 Å². The van der Waals surface area contributed by atoms with E-state index in [4.69, 9.17) is 17.3 Å². The van der Waals surface area contributed by atoms with Crippen molar-refractivity contribution in [2.24, 2.45) is 0 Å². The van der Waals surface area contributed by atoms with Crippen LogP contribution < -0.4 is 16.6 Å². The second kappa shape index (κ2) is 7.66. The Bertz CT molecular complexity index is 1400. The first kappa shape index (κ1) is 20.2. The van der Waals surface area contributed by atoms with Gasteiger partial charge in [-0.1, -0.05) is 11.6 Å². The van der Waals surface area contributed by atoms with Crippen LogP contribution in [0.1, 0.15) is 24.4 Å². The van der Waals surface area contributed by atoms with E-state index in [1.165, 1.54) is 23.1 Å². The number of nitrogens with zero attached hydrogens (tertiary/aromatic N) is 6. The summed E-state index contributed by atoms with van der Waals surface area (Å²) in [6.45, 7) is 1.63. The fraction of sp³-hybridized carbons (Fsp3) is 0.105. The lowest BCUT2D eigenvalue weighted by Crippen LogP contribution is -2.29. The molecule has 3 aromatic heterocycles. The molecule has 0 bridgehead atoms. The summed E-state index contributed by atoms with van der Waals surface area (Å²) in [7, 11) is 0. The van der Waals surface area contributed by atoms with Crippen molar-refractivity contribution in [1.82, 2.24) is 24.1 Å². The molecule has 3 heterocycles. The fourth-order valence-corrected chi connectivity index (χ4v) is 3.36. The molecule has 0 saturated carbocycles. The summed E-state index contributed by atoms with van der Waals surface area (Å²) in [6.07, 6.45) is 2.65. The zero-order chi connectivity index (χ0) is 22.3. The summed E-state index contributed by atoms with van der Waals surface area (Å²) in [4.78, 5) is 21.0. The largest absolute Gasteiger partial charge is 0.382 e. The SMILES string of the molecule is CC(Nc1ncnc(N)c1C#N)c1nn2ccc(Cl)c2c(=O)n1-c1cc(F)cc(F)c1. The van der Waals surface area contributed by atoms with E-state index >= 15 is 0 Å². The highest BCUT2D eigenvalue weighted by molar-refractivity contribution is 6.33. The Balaban J connectivity index is 1.94. The summed E-state index contributed by atoms with van der Waals surface area (Å²) in [5.74, 6) is -1.58. The molecule has 12 heteroatoms. The van der Waals surface area contributed by atoms with Crippen molar-refractivity contribution in [3.05, 3.63) is 75.2 Å². The predicted octanol–water partition coefficient (Wildman–Crippen LogP) is 2.83. The number of halogens is 3. The van der Waals surface area contributed by atoms with Gasteiger partial charge in [0.05, 0.1) is 16.8 Å². The standard InChI is InChI=1S/C19H13ClF2N8O/c1-9(27-17-13(7-23)16(24)25-8-26-17)18-28-29-3-2-14(20)15(29)19(31)30(18)12-5-10(21)4-11(22)6-12/h2-6,8-9H,1H3,(H3,24,25,26,27). The van der Waals surface area contributed by atoms with Crippen molar-refractivity contribution in [3.63, 3.8) is 0 Å². The molecule has 1 unspecified atom stereocenters. The molecule has 156 valence electrons. The number of hydrogen-bond acceptors (Lipinski definition) is 7. The number of anilines is 2. The lowest BCUT2D eigenvalue weighted by atomic mass is 10.2. The van der Waals surface area contributed by atoms with Crippen LogP contribution in [0.25, 0.3) is 11.2 Å². The van der Waals surface area contributed by atoms with Gasteiger partial charge in [0.25, 0.3) is 5.56 Å². The van der Waals surface area contributed by atoms with Crippen LogP contribution in [0.2, 0.25) is 5.02 Å². The van der Waals surface area contributed by atoms with Crippen LogP contribution in [-0.4, -0.2) is 24.1 Å². The quantitative estimate of drug-likeness (QED) is 0.497. The van der Waals surface area contributed by atoms with Crippen LogP contribution in [0.5, 0.6) is 0 Å². The van der Waals surface area contributed by atoms with Crippen LogP contribution in [0.15, 0.2) is 41.6 Å². The van der Waals surface area contributed by atoms with Crippen molar-refractivity contribution in [2.75, 3.05) is 11.1 Å². The Morgan fingerprint density at radius 2 is 1.97 bits per heavy atom. The lowest BCUT2D eigenvalue weighted by Gasteiger charge is -2.20. The molecule has 0 aliphatic carbocycles. The third kappa shape index (κ3) is 3.53. The third-order valence-corrected chi connectivity index (χ3v) is 4.80. The molecular weight excluding hydrogens is 430 g/mol. The van der Waals surface area contributed by atoms with Gasteiger partial charge in [0, 0.05) is 12.3 Å². The molecule has 0 fully saturated rings. The summed E-state index contributed by atoms with van der Waals surface area (Å²) in [5.41, 5.74) is 5.03. The molecular formula is C19H13ClF2N8O. The van der Waals surface area contributed by atoms with Crippen LogP contribution in [0.3, 0.4) is 0 Å². The number of benzene rings is 1. The predicted molar refractivity (Wildman–Crippen MR) is 109 cm³/mol. The second-order valence-corrected chi connectivity index (χ2v) is 6.95. The molecule has 3 N–H and O–H groups in total. The van der Waals surface area contributed by atoms with E-state index in [1.54, 1.807) is 6.92 Å². The number of fused-ring (bicyclic) bond motifs is 1. The minimum absolute atomic E-state index is 0.00475. The normalized spacial score (nSPS) is 12.0. The molecule has 4 aromatic rings. The molecule has 0 aliphatic rings. The van der Waals surface area contributed by atoms with Gasteiger partial charge in [0.2, 0.25) is 0 Å². The lowest BCUT2D eigenvalue weighted by molar-refractivity contribution is 0.578. The Labute approximate surface area is 178 Å². The van der Waals surface area contributed by atoms with E-state index in [-0.39, 0.29) is 39.3 Å². The maximum atomic E-state index is 13.9. The van der Waals surface area contributed by atoms with E-state index in [0.717, 1.165) is 16.7 Å². The minimum atomic E-state index is -0.870. The van der Waals surface area contributed by atoms with Crippen molar-refractivity contribution in [2.45, 2.75) is 13.0 Å². The zero-order valence-electron chi connectivity index (χ0n) is 15.8. The highest BCUT2D eigenvalue weighted by Crippen LogP contribution is 2.24. The van der Waals surface area contributed by atoms with Gasteiger partial charge in [0.1, 0.15) is 46.7 Å². The molecule has 0 aliphatic heterocycles. The summed E-state index contributed by atoms with van der Waals surface area (Å²) in [5, 5.41) is 16.8. The van der Waals surface area contributed by atoms with Crippen LogP contribution in [0.4, 0.5) is 20.4 Å². The Kier molecular flexibility index (Phi) is 5.00. The Morgan fingerprint density at radius 1 is 1.26 bits per heavy atom. The van der Waals surface area contributed by atoms with E-state index in [0.29, 0.717) is 6.07 Å². The zero-order valence-corrected chi connectivity index (χ0v) is 16.6. The first-order valence-corrected chi connectivity index (χ1v) is 9.21. The molecule has 9 nitrogen and oxygen atoms in total. The summed E-state index contributed by atoms with van der Waals surface area (Å²) in [6, 6.07) is 5.31. The molecule has 31 heavy (non-hydrogen) atoms. The first-order valence-electron chi connectivity index (χ1n) is 8.83. The number of nitrogens with two attached hydrogens (primary N) is 1. The fourth-order valence-electron chi connectivity index (χ4n) is 3.13. The monoisotopic (exact) mass is 442 g/mol. The van der Waals surface area contributed by atoms with Crippen LogP contribution in [0, 0.1) is 23.0 Å². The summed E-state index contributed by atoms with van der Waals surface area (Å²) >= 11 is 6.11. The molecule has 1 atom stereocenters. The van der Waals surface area contributed by atoms with E-state index in [2.05, 4.69) is 20.4 Å². The molecule has 1 aromatic carbocycles. The summed E-state index contributed by atoms with van der Waals surface area (Å²) < 4.78 is 30.1. The molecule has 0 radical (unpaired) electrons. The highest BCUT2D eigenvalue weighted by Gasteiger charge is 2.22. The number of nitriles is 1. The van der Waals surface area contributed by atoms with Gasteiger partial charge in [0.15, 0.2) is 5.82 Å². The average molecular weight is 443 g/mol. The maximum Gasteiger partial charge on any atom is 0.284 e. The van der Waals surface area contributed by atoms with Gasteiger partial charge in [-0.05, 0) is 25.1 Å². The Hall–Kier alpha value is -4.04. The van der Waals surface area contributed by atoms with Crippen LogP contribution in [-0.2, 0) is 0 Å². The van der Waals surface area contributed by atoms with Gasteiger partial charge < -0.3 is 11.1 Å². The maximum absolute atomic E-state index is 13.9. The first-order chi connectivity index (χ1) is 14.8. The molecule has 0 amide bonds. The van der Waals surface area contributed by atoms with Crippen molar-refractivity contribution in [3.8, 4) is 11.8 Å². The average Bonchev–Trinajstić information content (AvgIpc) is 3.08. The third-order valence-electron chi connectivity index (χ3n) is 4.50. The molecule has 4 rings (SSSR count).